The number of rotatable bonds is 68. The highest BCUT2D eigenvalue weighted by Crippen LogP contribution is 2.45. The van der Waals surface area contributed by atoms with Crippen molar-refractivity contribution in [2.75, 3.05) is 39.6 Å². The molecular weight excluding hydrogens is 1150 g/mol. The maximum atomic E-state index is 13.0. The van der Waals surface area contributed by atoms with E-state index in [9.17, 15) is 43.2 Å². The molecule has 19 heteroatoms. The summed E-state index contributed by atoms with van der Waals surface area (Å²) in [5.74, 6) is -1.39. The van der Waals surface area contributed by atoms with Crippen LogP contribution in [0, 0.1) is 5.92 Å². The summed E-state index contributed by atoms with van der Waals surface area (Å²) >= 11 is 0. The van der Waals surface area contributed by atoms with Crippen molar-refractivity contribution in [3.8, 4) is 0 Å². The van der Waals surface area contributed by atoms with Gasteiger partial charge in [-0.3, -0.25) is 37.3 Å². The molecule has 0 aliphatic rings. The third kappa shape index (κ3) is 62.6. The summed E-state index contributed by atoms with van der Waals surface area (Å²) in [5, 5.41) is 10.5. The van der Waals surface area contributed by atoms with Gasteiger partial charge in [0.15, 0.2) is 12.2 Å². The maximum Gasteiger partial charge on any atom is 0.472 e. The number of unbranched alkanes of at least 4 members (excludes halogenated alkanes) is 40. The monoisotopic (exact) mass is 1280 g/mol. The van der Waals surface area contributed by atoms with E-state index in [1.54, 1.807) is 0 Å². The van der Waals surface area contributed by atoms with E-state index >= 15 is 0 Å². The number of phosphoric acid groups is 2. The lowest BCUT2D eigenvalue weighted by molar-refractivity contribution is -0.161. The first kappa shape index (κ1) is 85.1. The first-order chi connectivity index (χ1) is 42.0. The van der Waals surface area contributed by atoms with Crippen LogP contribution in [0.3, 0.4) is 0 Å². The summed E-state index contributed by atoms with van der Waals surface area (Å²) in [6, 6.07) is 0. The Bertz CT molecular complexity index is 1690. The molecule has 0 spiro atoms. The van der Waals surface area contributed by atoms with Gasteiger partial charge in [0.1, 0.15) is 19.3 Å². The Kier molecular flexibility index (Phi) is 60.2. The van der Waals surface area contributed by atoms with Gasteiger partial charge >= 0.3 is 39.5 Å². The summed E-state index contributed by atoms with van der Waals surface area (Å²) in [6.45, 7) is 7.16. The lowest BCUT2D eigenvalue weighted by Crippen LogP contribution is -2.30. The average Bonchev–Trinajstić information content (AvgIpc) is 3.59. The fourth-order valence-corrected chi connectivity index (χ4v) is 11.9. The molecule has 0 fully saturated rings. The molecule has 17 nitrogen and oxygen atoms in total. The summed E-state index contributed by atoms with van der Waals surface area (Å²) in [7, 11) is -9.89. The van der Waals surface area contributed by atoms with Crippen LogP contribution < -0.4 is 0 Å². The van der Waals surface area contributed by atoms with Gasteiger partial charge in [0.2, 0.25) is 0 Å². The van der Waals surface area contributed by atoms with Gasteiger partial charge in [-0.25, -0.2) is 9.13 Å². The number of ether oxygens (including phenoxy) is 4. The Hall–Kier alpha value is -1.94. The SMILES string of the molecule is CCCCCCCCCCCCCCCCCCCCC(=O)O[C@H](COC(=O)CCCCCCCCCCCC(C)C)COP(=O)(O)OC[C@@H](O)COP(=O)(O)OC[C@@H](COC(=O)CCCCCCCCC)OC(=O)CCCCCCCCCCCC. The zero-order valence-corrected chi connectivity index (χ0v) is 57.9. The fourth-order valence-electron chi connectivity index (χ4n) is 10.3. The van der Waals surface area contributed by atoms with Crippen LogP contribution in [0.2, 0.25) is 0 Å². The van der Waals surface area contributed by atoms with Gasteiger partial charge in [-0.2, -0.15) is 0 Å². The Morgan fingerprint density at radius 2 is 0.529 bits per heavy atom. The topological polar surface area (TPSA) is 237 Å². The van der Waals surface area contributed by atoms with Gasteiger partial charge in [-0.15, -0.1) is 0 Å². The van der Waals surface area contributed by atoms with Crippen molar-refractivity contribution in [3.63, 3.8) is 0 Å². The van der Waals surface area contributed by atoms with Crippen molar-refractivity contribution in [1.82, 2.24) is 0 Å². The molecule has 0 saturated heterocycles. The highest BCUT2D eigenvalue weighted by atomic mass is 31.2. The minimum Gasteiger partial charge on any atom is -0.462 e. The standard InChI is InChI=1S/C68H132O17P2/c1-6-9-12-15-18-20-22-23-24-25-26-27-28-29-33-39-44-49-54-68(73)85-64(58-79-66(71)52-47-42-37-34-30-31-36-40-45-50-61(4)5)60-83-87(76,77)81-56-62(69)55-80-86(74,75)82-59-63(57-78-65(70)51-46-41-35-17-14-11-8-3)84-67(72)53-48-43-38-32-21-19-16-13-10-7-2/h61-64,69H,6-60H2,1-5H3,(H,74,75)(H,76,77)/t62-,63+,64+/m0/s1. The fraction of sp³-hybridized carbons (Fsp3) is 0.941. The van der Waals surface area contributed by atoms with Crippen LogP contribution in [0.15, 0.2) is 0 Å². The lowest BCUT2D eigenvalue weighted by atomic mass is 10.0. The maximum absolute atomic E-state index is 13.0. The zero-order valence-electron chi connectivity index (χ0n) is 56.2. The highest BCUT2D eigenvalue weighted by Gasteiger charge is 2.30. The second-order valence-electron chi connectivity index (χ2n) is 25.0. The molecule has 2 unspecified atom stereocenters. The average molecular weight is 1280 g/mol. The molecule has 87 heavy (non-hydrogen) atoms. The van der Waals surface area contributed by atoms with Crippen molar-refractivity contribution in [2.24, 2.45) is 5.92 Å². The van der Waals surface area contributed by atoms with Crippen LogP contribution >= 0.6 is 15.6 Å². The molecule has 0 rings (SSSR count). The van der Waals surface area contributed by atoms with Gasteiger partial charge in [-0.05, 0) is 31.6 Å². The van der Waals surface area contributed by atoms with Crippen LogP contribution in [-0.4, -0.2) is 96.7 Å². The van der Waals surface area contributed by atoms with Crippen molar-refractivity contribution >= 4 is 39.5 Å². The summed E-state index contributed by atoms with van der Waals surface area (Å²) in [6.07, 6.45) is 47.3. The number of aliphatic hydroxyl groups excluding tert-OH is 1. The van der Waals surface area contributed by atoms with Gasteiger partial charge in [0.25, 0.3) is 0 Å². The minimum absolute atomic E-state index is 0.106. The van der Waals surface area contributed by atoms with E-state index in [0.29, 0.717) is 25.7 Å². The molecular formula is C68H132O17P2. The van der Waals surface area contributed by atoms with Gasteiger partial charge < -0.3 is 33.8 Å². The molecule has 0 amide bonds. The second-order valence-corrected chi connectivity index (χ2v) is 27.9. The van der Waals surface area contributed by atoms with Crippen LogP contribution in [0.5, 0.6) is 0 Å². The first-order valence-electron chi connectivity index (χ1n) is 35.6. The van der Waals surface area contributed by atoms with Crippen LogP contribution in [0.4, 0.5) is 0 Å². The molecule has 0 saturated carbocycles. The number of esters is 4. The van der Waals surface area contributed by atoms with E-state index in [-0.39, 0.29) is 25.7 Å². The van der Waals surface area contributed by atoms with Crippen LogP contribution in [0.25, 0.3) is 0 Å². The summed E-state index contributed by atoms with van der Waals surface area (Å²) < 4.78 is 68.1. The number of aliphatic hydroxyl groups is 1. The second kappa shape index (κ2) is 61.6. The number of phosphoric ester groups is 2. The molecule has 0 aromatic heterocycles. The predicted molar refractivity (Wildman–Crippen MR) is 349 cm³/mol. The van der Waals surface area contributed by atoms with E-state index in [2.05, 4.69) is 34.6 Å². The smallest absolute Gasteiger partial charge is 0.462 e. The molecule has 0 heterocycles. The number of carbonyl (C=O) groups excluding carboxylic acids is 4. The summed E-state index contributed by atoms with van der Waals surface area (Å²) in [4.78, 5) is 72.3. The largest absolute Gasteiger partial charge is 0.472 e. The minimum atomic E-state index is -4.95. The number of hydrogen-bond acceptors (Lipinski definition) is 15. The third-order valence-corrected chi connectivity index (χ3v) is 17.7. The van der Waals surface area contributed by atoms with E-state index in [1.165, 1.54) is 161 Å². The zero-order chi connectivity index (χ0) is 64.2. The van der Waals surface area contributed by atoms with E-state index in [1.807, 2.05) is 0 Å². The Morgan fingerprint density at radius 1 is 0.310 bits per heavy atom. The van der Waals surface area contributed by atoms with Crippen molar-refractivity contribution < 1.29 is 80.2 Å². The van der Waals surface area contributed by atoms with Crippen molar-refractivity contribution in [2.45, 2.75) is 368 Å². The van der Waals surface area contributed by atoms with Crippen LogP contribution in [-0.2, 0) is 65.4 Å². The summed E-state index contributed by atoms with van der Waals surface area (Å²) in [5.41, 5.74) is 0. The Morgan fingerprint density at radius 3 is 0.782 bits per heavy atom. The predicted octanol–water partition coefficient (Wildman–Crippen LogP) is 19.4. The van der Waals surface area contributed by atoms with Gasteiger partial charge in [-0.1, -0.05) is 298 Å². The molecule has 0 aromatic rings. The molecule has 0 bridgehead atoms. The molecule has 3 N–H and O–H groups in total. The quantitative estimate of drug-likeness (QED) is 0.0222. The molecule has 0 radical (unpaired) electrons. The number of carbonyl (C=O) groups is 4. The van der Waals surface area contributed by atoms with E-state index in [0.717, 1.165) is 109 Å². The normalized spacial score (nSPS) is 14.1. The molecule has 516 valence electrons. The molecule has 0 aliphatic carbocycles. The molecule has 0 aromatic carbocycles. The van der Waals surface area contributed by atoms with Crippen molar-refractivity contribution in [3.05, 3.63) is 0 Å². The van der Waals surface area contributed by atoms with Gasteiger partial charge in [0, 0.05) is 25.7 Å². The molecule has 0 aliphatic heterocycles. The van der Waals surface area contributed by atoms with E-state index in [4.69, 9.17) is 37.0 Å². The highest BCUT2D eigenvalue weighted by molar-refractivity contribution is 7.47. The van der Waals surface area contributed by atoms with Crippen molar-refractivity contribution in [1.29, 1.82) is 0 Å². The van der Waals surface area contributed by atoms with Crippen LogP contribution in [0.1, 0.15) is 349 Å². The Balaban J connectivity index is 5.18. The first-order valence-corrected chi connectivity index (χ1v) is 38.6. The van der Waals surface area contributed by atoms with Gasteiger partial charge in [0.05, 0.1) is 26.4 Å². The van der Waals surface area contributed by atoms with E-state index < -0.39 is 97.5 Å². The third-order valence-electron chi connectivity index (χ3n) is 15.8. The Labute approximate surface area is 530 Å². The lowest BCUT2D eigenvalue weighted by Gasteiger charge is -2.21. The molecule has 5 atom stereocenters. The number of hydrogen-bond donors (Lipinski definition) is 3.